The number of hydrazine groups is 1. The van der Waals surface area contributed by atoms with Gasteiger partial charge in [0.2, 0.25) is 0 Å². The van der Waals surface area contributed by atoms with E-state index in [4.69, 9.17) is 5.84 Å². The largest absolute Gasteiger partial charge is 0.359 e. The van der Waals surface area contributed by atoms with Crippen LogP contribution >= 0.6 is 0 Å². The molecule has 1 aromatic heterocycles. The molecule has 0 spiro atoms. The first-order chi connectivity index (χ1) is 9.26. The van der Waals surface area contributed by atoms with Crippen molar-refractivity contribution in [2.75, 3.05) is 23.9 Å². The van der Waals surface area contributed by atoms with E-state index in [0.29, 0.717) is 0 Å². The van der Waals surface area contributed by atoms with Gasteiger partial charge in [-0.25, -0.2) is 15.8 Å². The molecule has 5 nitrogen and oxygen atoms in total. The average molecular weight is 263 g/mol. The summed E-state index contributed by atoms with van der Waals surface area (Å²) in [6, 6.07) is 0. The Balaban J connectivity index is 2.16. The van der Waals surface area contributed by atoms with Gasteiger partial charge >= 0.3 is 0 Å². The summed E-state index contributed by atoms with van der Waals surface area (Å²) in [5, 5.41) is 0. The van der Waals surface area contributed by atoms with Gasteiger partial charge in [-0.05, 0) is 25.2 Å². The Morgan fingerprint density at radius 1 is 1.37 bits per heavy atom. The second-order valence-corrected chi connectivity index (χ2v) is 5.45. The van der Waals surface area contributed by atoms with Crippen LogP contribution in [0, 0.1) is 5.92 Å². The maximum absolute atomic E-state index is 5.55. The molecule has 5 heteroatoms. The smallest absolute Gasteiger partial charge is 0.148 e. The second-order valence-electron chi connectivity index (χ2n) is 5.45. The van der Waals surface area contributed by atoms with E-state index in [1.54, 1.807) is 6.33 Å². The molecule has 1 aliphatic rings. The number of hydrogen-bond acceptors (Lipinski definition) is 5. The van der Waals surface area contributed by atoms with Crippen molar-refractivity contribution in [2.24, 2.45) is 11.8 Å². The van der Waals surface area contributed by atoms with Crippen molar-refractivity contribution in [3.05, 3.63) is 11.9 Å². The van der Waals surface area contributed by atoms with Crippen molar-refractivity contribution in [2.45, 2.75) is 45.4 Å². The predicted octanol–water partition coefficient (Wildman–Crippen LogP) is 2.34. The predicted molar refractivity (Wildman–Crippen MR) is 79.1 cm³/mol. The SMILES string of the molecule is CCCc1c(NN)ncnc1N(C)CC1CCCC1. The lowest BCUT2D eigenvalue weighted by atomic mass is 10.1. The lowest BCUT2D eigenvalue weighted by Crippen LogP contribution is -2.27. The van der Waals surface area contributed by atoms with Gasteiger partial charge in [0.05, 0.1) is 0 Å². The van der Waals surface area contributed by atoms with E-state index in [9.17, 15) is 0 Å². The van der Waals surface area contributed by atoms with Gasteiger partial charge in [-0.1, -0.05) is 26.2 Å². The van der Waals surface area contributed by atoms with E-state index >= 15 is 0 Å². The van der Waals surface area contributed by atoms with Gasteiger partial charge in [0, 0.05) is 19.2 Å². The Bertz CT molecular complexity index is 401. The molecule has 0 radical (unpaired) electrons. The molecule has 0 amide bonds. The van der Waals surface area contributed by atoms with Crippen LogP contribution in [0.15, 0.2) is 6.33 Å². The maximum Gasteiger partial charge on any atom is 0.148 e. The van der Waals surface area contributed by atoms with Crippen LogP contribution in [-0.4, -0.2) is 23.6 Å². The molecule has 0 aliphatic heterocycles. The molecule has 1 aliphatic carbocycles. The monoisotopic (exact) mass is 263 g/mol. The fraction of sp³-hybridized carbons (Fsp3) is 0.714. The molecule has 106 valence electrons. The number of aromatic nitrogens is 2. The van der Waals surface area contributed by atoms with Crippen molar-refractivity contribution < 1.29 is 0 Å². The summed E-state index contributed by atoms with van der Waals surface area (Å²) in [7, 11) is 2.13. The molecule has 19 heavy (non-hydrogen) atoms. The maximum atomic E-state index is 5.55. The first-order valence-corrected chi connectivity index (χ1v) is 7.27. The second kappa shape index (κ2) is 6.70. The third-order valence-electron chi connectivity index (χ3n) is 3.93. The summed E-state index contributed by atoms with van der Waals surface area (Å²) in [5.41, 5.74) is 3.82. The first kappa shape index (κ1) is 14.1. The molecule has 1 heterocycles. The molecule has 0 atom stereocenters. The normalized spacial score (nSPS) is 15.7. The zero-order valence-corrected chi connectivity index (χ0v) is 12.0. The minimum atomic E-state index is 0.755. The molecule has 1 aromatic rings. The van der Waals surface area contributed by atoms with Crippen LogP contribution in [0.1, 0.15) is 44.6 Å². The van der Waals surface area contributed by atoms with Gasteiger partial charge < -0.3 is 10.3 Å². The lowest BCUT2D eigenvalue weighted by Gasteiger charge is -2.25. The molecule has 3 N–H and O–H groups in total. The summed E-state index contributed by atoms with van der Waals surface area (Å²) in [6.07, 6.45) is 9.05. The molecule has 0 saturated heterocycles. The number of anilines is 2. The molecule has 0 aromatic carbocycles. The van der Waals surface area contributed by atoms with Crippen LogP contribution in [0.25, 0.3) is 0 Å². The van der Waals surface area contributed by atoms with Crippen LogP contribution in [0.3, 0.4) is 0 Å². The summed E-state index contributed by atoms with van der Waals surface area (Å²) in [4.78, 5) is 11.0. The third-order valence-corrected chi connectivity index (χ3v) is 3.93. The van der Waals surface area contributed by atoms with Gasteiger partial charge in [0.15, 0.2) is 0 Å². The van der Waals surface area contributed by atoms with Crippen molar-refractivity contribution >= 4 is 11.6 Å². The minimum absolute atomic E-state index is 0.755. The van der Waals surface area contributed by atoms with Gasteiger partial charge in [0.1, 0.15) is 18.0 Å². The Kier molecular flexibility index (Phi) is 4.96. The fourth-order valence-corrected chi connectivity index (χ4v) is 3.00. The summed E-state index contributed by atoms with van der Waals surface area (Å²) < 4.78 is 0. The van der Waals surface area contributed by atoms with Crippen LogP contribution in [0.4, 0.5) is 11.6 Å². The summed E-state index contributed by atoms with van der Waals surface area (Å²) >= 11 is 0. The number of rotatable bonds is 6. The topological polar surface area (TPSA) is 67.1 Å². The Morgan fingerprint density at radius 3 is 2.74 bits per heavy atom. The number of hydrogen-bond donors (Lipinski definition) is 2. The summed E-state index contributed by atoms with van der Waals surface area (Å²) in [6.45, 7) is 3.24. The average Bonchev–Trinajstić information content (AvgIpc) is 2.92. The molecule has 0 bridgehead atoms. The Labute approximate surface area is 115 Å². The van der Waals surface area contributed by atoms with Gasteiger partial charge in [0.25, 0.3) is 0 Å². The van der Waals surface area contributed by atoms with Gasteiger partial charge in [-0.2, -0.15) is 0 Å². The van der Waals surface area contributed by atoms with Gasteiger partial charge in [-0.3, -0.25) is 0 Å². The highest BCUT2D eigenvalue weighted by atomic mass is 15.3. The quantitative estimate of drug-likeness (QED) is 0.609. The third kappa shape index (κ3) is 3.35. The number of nitrogens with one attached hydrogen (secondary N) is 1. The molecule has 1 fully saturated rings. The van der Waals surface area contributed by atoms with Crippen molar-refractivity contribution in [1.29, 1.82) is 0 Å². The Hall–Kier alpha value is -1.36. The van der Waals surface area contributed by atoms with Gasteiger partial charge in [-0.15, -0.1) is 0 Å². The Morgan fingerprint density at radius 2 is 2.11 bits per heavy atom. The van der Waals surface area contributed by atoms with Crippen LogP contribution < -0.4 is 16.2 Å². The van der Waals surface area contributed by atoms with E-state index in [2.05, 4.69) is 34.3 Å². The standard InChI is InChI=1S/C14H25N5/c1-3-6-12-13(18-15)16-10-17-14(12)19(2)9-11-7-4-5-8-11/h10-11H,3-9,15H2,1-2H3,(H,16,17,18). The highest BCUT2D eigenvalue weighted by Crippen LogP contribution is 2.29. The van der Waals surface area contributed by atoms with E-state index in [0.717, 1.165) is 42.5 Å². The molecular formula is C14H25N5. The van der Waals surface area contributed by atoms with Crippen molar-refractivity contribution in [1.82, 2.24) is 9.97 Å². The lowest BCUT2D eigenvalue weighted by molar-refractivity contribution is 0.544. The minimum Gasteiger partial charge on any atom is -0.359 e. The molecule has 0 unspecified atom stereocenters. The van der Waals surface area contributed by atoms with Crippen molar-refractivity contribution in [3.63, 3.8) is 0 Å². The number of nitrogens with zero attached hydrogens (tertiary/aromatic N) is 3. The van der Waals surface area contributed by atoms with E-state index in [1.165, 1.54) is 25.7 Å². The highest BCUT2D eigenvalue weighted by Gasteiger charge is 2.20. The van der Waals surface area contributed by atoms with Crippen LogP contribution in [0.2, 0.25) is 0 Å². The fourth-order valence-electron chi connectivity index (χ4n) is 3.00. The van der Waals surface area contributed by atoms with E-state index in [-0.39, 0.29) is 0 Å². The zero-order chi connectivity index (χ0) is 13.7. The molecular weight excluding hydrogens is 238 g/mol. The van der Waals surface area contributed by atoms with Crippen LogP contribution in [-0.2, 0) is 6.42 Å². The number of nitrogen functional groups attached to an aromatic ring is 1. The van der Waals surface area contributed by atoms with Crippen molar-refractivity contribution in [3.8, 4) is 0 Å². The number of nitrogens with two attached hydrogens (primary N) is 1. The van der Waals surface area contributed by atoms with E-state index in [1.807, 2.05) is 0 Å². The van der Waals surface area contributed by atoms with Crippen LogP contribution in [0.5, 0.6) is 0 Å². The van der Waals surface area contributed by atoms with E-state index < -0.39 is 0 Å². The molecule has 2 rings (SSSR count). The summed E-state index contributed by atoms with van der Waals surface area (Å²) in [5.74, 6) is 8.14. The highest BCUT2D eigenvalue weighted by molar-refractivity contribution is 5.58. The zero-order valence-electron chi connectivity index (χ0n) is 12.0. The molecule has 1 saturated carbocycles. The first-order valence-electron chi connectivity index (χ1n) is 7.27.